The molecule has 0 saturated heterocycles. The van der Waals surface area contributed by atoms with Gasteiger partial charge in [0.05, 0.1) is 10.6 Å². The first-order valence-electron chi connectivity index (χ1n) is 5.14. The van der Waals surface area contributed by atoms with Gasteiger partial charge < -0.3 is 4.90 Å². The van der Waals surface area contributed by atoms with E-state index < -0.39 is 0 Å². The van der Waals surface area contributed by atoms with Crippen LogP contribution < -0.4 is 0 Å². The summed E-state index contributed by atoms with van der Waals surface area (Å²) in [5.41, 5.74) is 1.63. The van der Waals surface area contributed by atoms with Crippen LogP contribution in [0.5, 0.6) is 0 Å². The molecule has 0 saturated carbocycles. The maximum Gasteiger partial charge on any atom is 0.255 e. The van der Waals surface area contributed by atoms with E-state index in [1.165, 1.54) is 0 Å². The number of hydrogen-bond acceptors (Lipinski definition) is 1. The van der Waals surface area contributed by atoms with Gasteiger partial charge in [-0.15, -0.1) is 0 Å². The number of halogens is 2. The first kappa shape index (κ1) is 13.5. The molecule has 1 aromatic rings. The van der Waals surface area contributed by atoms with Gasteiger partial charge in [-0.05, 0) is 31.0 Å². The molecule has 88 valence electrons. The summed E-state index contributed by atoms with van der Waals surface area (Å²) in [5.74, 6) is -0.0223. The molecular weight excluding hydrogens is 289 g/mol. The van der Waals surface area contributed by atoms with Crippen molar-refractivity contribution in [2.24, 2.45) is 0 Å². The van der Waals surface area contributed by atoms with E-state index in [1.54, 1.807) is 18.0 Å². The van der Waals surface area contributed by atoms with Crippen LogP contribution in [0.4, 0.5) is 0 Å². The second-order valence-electron chi connectivity index (χ2n) is 3.75. The van der Waals surface area contributed by atoms with Crippen LogP contribution in [0.1, 0.15) is 22.3 Å². The van der Waals surface area contributed by atoms with Gasteiger partial charge in [0.15, 0.2) is 0 Å². The largest absolute Gasteiger partial charge is 0.342 e. The Hall–Kier alpha value is -0.540. The smallest absolute Gasteiger partial charge is 0.255 e. The molecule has 0 spiro atoms. The standard InChI is InChI=1S/C12H15BrClNO/c1-9-4-5-10(11(14)8-9)12(16)15(2)7-3-6-13/h4-5,8H,3,6-7H2,1-2H3. The number of carbonyl (C=O) groups is 1. The van der Waals surface area contributed by atoms with E-state index in [-0.39, 0.29) is 5.91 Å². The number of aryl methyl sites for hydroxylation is 1. The zero-order chi connectivity index (χ0) is 12.1. The summed E-state index contributed by atoms with van der Waals surface area (Å²) in [5, 5.41) is 1.42. The van der Waals surface area contributed by atoms with Gasteiger partial charge in [-0.1, -0.05) is 33.6 Å². The fourth-order valence-corrected chi connectivity index (χ4v) is 1.96. The van der Waals surface area contributed by atoms with E-state index in [4.69, 9.17) is 11.6 Å². The number of amides is 1. The van der Waals surface area contributed by atoms with E-state index in [0.29, 0.717) is 10.6 Å². The fourth-order valence-electron chi connectivity index (χ4n) is 1.40. The molecular formula is C12H15BrClNO. The zero-order valence-electron chi connectivity index (χ0n) is 9.46. The van der Waals surface area contributed by atoms with Crippen molar-refractivity contribution >= 4 is 33.4 Å². The molecule has 0 bridgehead atoms. The minimum absolute atomic E-state index is 0.0223. The van der Waals surface area contributed by atoms with Crippen LogP contribution in [0.25, 0.3) is 0 Å². The van der Waals surface area contributed by atoms with Crippen molar-refractivity contribution in [3.05, 3.63) is 34.3 Å². The molecule has 1 amide bonds. The minimum atomic E-state index is -0.0223. The maximum atomic E-state index is 12.0. The maximum absolute atomic E-state index is 12.0. The lowest BCUT2D eigenvalue weighted by Gasteiger charge is -2.17. The third-order valence-corrected chi connectivity index (χ3v) is 3.20. The highest BCUT2D eigenvalue weighted by molar-refractivity contribution is 9.09. The Bertz CT molecular complexity index is 381. The zero-order valence-corrected chi connectivity index (χ0v) is 11.8. The van der Waals surface area contributed by atoms with Gasteiger partial charge >= 0.3 is 0 Å². The van der Waals surface area contributed by atoms with E-state index in [0.717, 1.165) is 23.9 Å². The van der Waals surface area contributed by atoms with Crippen molar-refractivity contribution in [1.82, 2.24) is 4.90 Å². The van der Waals surface area contributed by atoms with Crippen LogP contribution in [0.15, 0.2) is 18.2 Å². The van der Waals surface area contributed by atoms with Crippen LogP contribution >= 0.6 is 27.5 Å². The summed E-state index contributed by atoms with van der Waals surface area (Å²) in [6.07, 6.45) is 0.936. The lowest BCUT2D eigenvalue weighted by molar-refractivity contribution is 0.0796. The summed E-state index contributed by atoms with van der Waals surface area (Å²) in [6.45, 7) is 2.68. The van der Waals surface area contributed by atoms with Gasteiger partial charge in [-0.25, -0.2) is 0 Å². The Balaban J connectivity index is 2.79. The van der Waals surface area contributed by atoms with Crippen molar-refractivity contribution in [2.45, 2.75) is 13.3 Å². The molecule has 4 heteroatoms. The molecule has 16 heavy (non-hydrogen) atoms. The molecule has 0 aromatic heterocycles. The molecule has 1 rings (SSSR count). The van der Waals surface area contributed by atoms with Gasteiger partial charge in [0.25, 0.3) is 5.91 Å². The molecule has 0 unspecified atom stereocenters. The molecule has 0 aliphatic rings. The molecule has 0 aliphatic heterocycles. The average Bonchev–Trinajstić information content (AvgIpc) is 2.25. The Morgan fingerprint density at radius 1 is 1.50 bits per heavy atom. The van der Waals surface area contributed by atoms with Crippen LogP contribution in [-0.2, 0) is 0 Å². The summed E-state index contributed by atoms with van der Waals surface area (Å²) < 4.78 is 0. The highest BCUT2D eigenvalue weighted by Gasteiger charge is 2.14. The van der Waals surface area contributed by atoms with Crippen LogP contribution in [0.3, 0.4) is 0 Å². The van der Waals surface area contributed by atoms with E-state index >= 15 is 0 Å². The Morgan fingerprint density at radius 3 is 2.75 bits per heavy atom. The summed E-state index contributed by atoms with van der Waals surface area (Å²) in [6, 6.07) is 5.50. The van der Waals surface area contributed by atoms with E-state index in [1.807, 2.05) is 19.1 Å². The Labute approximate surface area is 110 Å². The van der Waals surface area contributed by atoms with Gasteiger partial charge in [0.2, 0.25) is 0 Å². The van der Waals surface area contributed by atoms with Crippen molar-refractivity contribution in [2.75, 3.05) is 18.9 Å². The molecule has 0 heterocycles. The van der Waals surface area contributed by atoms with Crippen LogP contribution in [0.2, 0.25) is 5.02 Å². The van der Waals surface area contributed by atoms with Gasteiger partial charge in [-0.3, -0.25) is 4.79 Å². The van der Waals surface area contributed by atoms with Crippen LogP contribution in [-0.4, -0.2) is 29.7 Å². The van der Waals surface area contributed by atoms with Crippen molar-refractivity contribution in [3.63, 3.8) is 0 Å². The summed E-state index contributed by atoms with van der Waals surface area (Å²) >= 11 is 9.39. The summed E-state index contributed by atoms with van der Waals surface area (Å²) in [7, 11) is 1.79. The number of rotatable bonds is 4. The molecule has 0 N–H and O–H groups in total. The van der Waals surface area contributed by atoms with Crippen molar-refractivity contribution < 1.29 is 4.79 Å². The monoisotopic (exact) mass is 303 g/mol. The summed E-state index contributed by atoms with van der Waals surface area (Å²) in [4.78, 5) is 13.7. The van der Waals surface area contributed by atoms with Gasteiger partial charge in [-0.2, -0.15) is 0 Å². The molecule has 2 nitrogen and oxygen atoms in total. The topological polar surface area (TPSA) is 20.3 Å². The van der Waals surface area contributed by atoms with Gasteiger partial charge in [0.1, 0.15) is 0 Å². The van der Waals surface area contributed by atoms with Crippen molar-refractivity contribution in [1.29, 1.82) is 0 Å². The number of nitrogens with zero attached hydrogens (tertiary/aromatic N) is 1. The number of hydrogen-bond donors (Lipinski definition) is 0. The number of carbonyl (C=O) groups excluding carboxylic acids is 1. The highest BCUT2D eigenvalue weighted by Crippen LogP contribution is 2.19. The Kier molecular flexibility index (Phi) is 5.29. The highest BCUT2D eigenvalue weighted by atomic mass is 79.9. The fraction of sp³-hybridized carbons (Fsp3) is 0.417. The van der Waals surface area contributed by atoms with E-state index in [9.17, 15) is 4.79 Å². The minimum Gasteiger partial charge on any atom is -0.342 e. The molecule has 0 aliphatic carbocycles. The predicted octanol–water partition coefficient (Wildman–Crippen LogP) is 3.51. The average molecular weight is 305 g/mol. The lowest BCUT2D eigenvalue weighted by atomic mass is 10.1. The normalized spacial score (nSPS) is 10.2. The van der Waals surface area contributed by atoms with Gasteiger partial charge in [0, 0.05) is 18.9 Å². The molecule has 0 radical (unpaired) electrons. The van der Waals surface area contributed by atoms with E-state index in [2.05, 4.69) is 15.9 Å². The first-order valence-corrected chi connectivity index (χ1v) is 6.63. The first-order chi connectivity index (χ1) is 7.56. The van der Waals surface area contributed by atoms with Crippen LogP contribution in [0, 0.1) is 6.92 Å². The number of alkyl halides is 1. The molecule has 0 atom stereocenters. The number of benzene rings is 1. The second kappa shape index (κ2) is 6.26. The van der Waals surface area contributed by atoms with Crippen molar-refractivity contribution in [3.8, 4) is 0 Å². The third-order valence-electron chi connectivity index (χ3n) is 2.33. The second-order valence-corrected chi connectivity index (χ2v) is 4.95. The lowest BCUT2D eigenvalue weighted by Crippen LogP contribution is -2.28. The molecule has 0 fully saturated rings. The molecule has 1 aromatic carbocycles. The SMILES string of the molecule is Cc1ccc(C(=O)N(C)CCCBr)c(Cl)c1. The third kappa shape index (κ3) is 3.49. The Morgan fingerprint density at radius 2 is 2.19 bits per heavy atom. The quantitative estimate of drug-likeness (QED) is 0.780. The predicted molar refractivity (Wildman–Crippen MR) is 71.6 cm³/mol.